The largest absolute Gasteiger partial charge is 0.493 e. The van der Waals surface area contributed by atoms with Gasteiger partial charge in [0.1, 0.15) is 19.0 Å². The summed E-state index contributed by atoms with van der Waals surface area (Å²) in [6.45, 7) is -0.000713. The molecular weight excluding hydrogens is 565 g/mol. The van der Waals surface area contributed by atoms with E-state index in [1.807, 2.05) is 24.3 Å². The Morgan fingerprint density at radius 3 is 2.28 bits per heavy atom. The zero-order chi connectivity index (χ0) is 27.4. The minimum absolute atomic E-state index is 0.0350. The number of amides is 1. The fourth-order valence-corrected chi connectivity index (χ4v) is 4.72. The first kappa shape index (κ1) is 26.1. The lowest BCUT2D eigenvalue weighted by molar-refractivity contribution is -0.121. The minimum atomic E-state index is -0.363. The van der Waals surface area contributed by atoms with E-state index < -0.39 is 0 Å². The Labute approximate surface area is 231 Å². The number of para-hydroxylation sites is 2. The van der Waals surface area contributed by atoms with E-state index in [2.05, 4.69) is 26.5 Å². The molecule has 39 heavy (non-hydrogen) atoms. The van der Waals surface area contributed by atoms with Gasteiger partial charge in [0.2, 0.25) is 0 Å². The molecule has 7 nitrogen and oxygen atoms in total. The van der Waals surface area contributed by atoms with Crippen LogP contribution in [0.5, 0.6) is 11.5 Å². The Morgan fingerprint density at radius 1 is 0.974 bits per heavy atom. The molecule has 1 heterocycles. The number of nitrogens with zero attached hydrogens (tertiary/aromatic N) is 2. The zero-order valence-corrected chi connectivity index (χ0v) is 22.4. The Kier molecular flexibility index (Phi) is 7.69. The summed E-state index contributed by atoms with van der Waals surface area (Å²) in [5, 5.41) is 5.20. The van der Waals surface area contributed by atoms with Crippen LogP contribution in [0.4, 0.5) is 4.39 Å². The Hall–Kier alpha value is -4.50. The third-order valence-electron chi connectivity index (χ3n) is 6.20. The zero-order valence-electron chi connectivity index (χ0n) is 20.9. The second-order valence-corrected chi connectivity index (χ2v) is 9.50. The second-order valence-electron chi connectivity index (χ2n) is 8.65. The van der Waals surface area contributed by atoms with Crippen molar-refractivity contribution in [2.45, 2.75) is 13.2 Å². The van der Waals surface area contributed by atoms with Crippen molar-refractivity contribution in [1.82, 2.24) is 9.99 Å². The maximum Gasteiger partial charge on any atom is 0.260 e. The average molecular weight is 588 g/mol. The lowest BCUT2D eigenvalue weighted by Gasteiger charge is -2.14. The Balaban J connectivity index is 1.33. The van der Waals surface area contributed by atoms with Gasteiger partial charge in [-0.1, -0.05) is 42.5 Å². The van der Waals surface area contributed by atoms with Gasteiger partial charge in [-0.25, -0.2) is 9.82 Å². The normalized spacial score (nSPS) is 11.3. The molecule has 1 aromatic heterocycles. The number of pyridine rings is 1. The SMILES string of the molecule is COc1cc(/C=N/NC(=O)Cn2c3ccccc3c(=O)c3ccccc32)c(Br)cc1OCc1ccccc1F. The van der Waals surface area contributed by atoms with E-state index in [1.165, 1.54) is 19.4 Å². The summed E-state index contributed by atoms with van der Waals surface area (Å²) in [6.07, 6.45) is 1.48. The molecule has 1 N–H and O–H groups in total. The molecule has 0 spiro atoms. The predicted molar refractivity (Wildman–Crippen MR) is 153 cm³/mol. The monoisotopic (exact) mass is 587 g/mol. The van der Waals surface area contributed by atoms with Gasteiger partial charge in [0.15, 0.2) is 16.9 Å². The van der Waals surface area contributed by atoms with E-state index in [4.69, 9.17) is 9.47 Å². The molecule has 0 saturated heterocycles. The number of hydrazone groups is 1. The highest BCUT2D eigenvalue weighted by atomic mass is 79.9. The first-order valence-corrected chi connectivity index (χ1v) is 12.8. The van der Waals surface area contributed by atoms with Gasteiger partial charge >= 0.3 is 0 Å². The molecule has 5 rings (SSSR count). The van der Waals surface area contributed by atoms with Crippen LogP contribution in [0, 0.1) is 5.82 Å². The van der Waals surface area contributed by atoms with Crippen molar-refractivity contribution in [2.24, 2.45) is 5.10 Å². The van der Waals surface area contributed by atoms with Crippen LogP contribution in [0.25, 0.3) is 21.8 Å². The highest BCUT2D eigenvalue weighted by molar-refractivity contribution is 9.10. The highest BCUT2D eigenvalue weighted by Gasteiger charge is 2.14. The molecule has 0 atom stereocenters. The van der Waals surface area contributed by atoms with Crippen LogP contribution in [0.2, 0.25) is 0 Å². The van der Waals surface area contributed by atoms with Crippen LogP contribution in [-0.4, -0.2) is 23.8 Å². The van der Waals surface area contributed by atoms with Crippen LogP contribution in [0.15, 0.2) is 99.3 Å². The molecule has 0 aliphatic rings. The molecule has 4 aromatic carbocycles. The molecule has 0 fully saturated rings. The third kappa shape index (κ3) is 5.53. The van der Waals surface area contributed by atoms with E-state index in [-0.39, 0.29) is 30.3 Å². The summed E-state index contributed by atoms with van der Waals surface area (Å²) in [4.78, 5) is 25.8. The molecule has 0 radical (unpaired) electrons. The summed E-state index contributed by atoms with van der Waals surface area (Å²) in [6, 6.07) is 24.2. The molecule has 0 bridgehead atoms. The van der Waals surface area contributed by atoms with Crippen molar-refractivity contribution < 1.29 is 18.7 Å². The molecule has 0 aliphatic heterocycles. The number of nitrogens with one attached hydrogen (secondary N) is 1. The fraction of sp³-hybridized carbons (Fsp3) is 0.100. The van der Waals surface area contributed by atoms with E-state index in [0.29, 0.717) is 48.9 Å². The summed E-state index contributed by atoms with van der Waals surface area (Å²) in [5.74, 6) is 0.135. The van der Waals surface area contributed by atoms with Crippen molar-refractivity contribution in [3.63, 3.8) is 0 Å². The summed E-state index contributed by atoms with van der Waals surface area (Å²) in [7, 11) is 1.50. The number of rotatable bonds is 8. The maximum atomic E-state index is 13.9. The molecule has 0 unspecified atom stereocenters. The fourth-order valence-electron chi connectivity index (χ4n) is 4.29. The van der Waals surface area contributed by atoms with Crippen molar-refractivity contribution in [3.05, 3.63) is 117 Å². The van der Waals surface area contributed by atoms with Crippen molar-refractivity contribution >= 4 is 49.9 Å². The van der Waals surface area contributed by atoms with Crippen LogP contribution >= 0.6 is 15.9 Å². The average Bonchev–Trinajstić information content (AvgIpc) is 2.95. The number of carbonyl (C=O) groups is 1. The van der Waals surface area contributed by atoms with Gasteiger partial charge in [-0.2, -0.15) is 5.10 Å². The first-order chi connectivity index (χ1) is 19.0. The number of carbonyl (C=O) groups excluding carboxylic acids is 1. The van der Waals surface area contributed by atoms with E-state index in [0.717, 1.165) is 0 Å². The predicted octanol–water partition coefficient (Wildman–Crippen LogP) is 5.79. The molecule has 0 aliphatic carbocycles. The number of fused-ring (bicyclic) bond motifs is 2. The van der Waals surface area contributed by atoms with Crippen LogP contribution < -0.4 is 20.3 Å². The standard InChI is InChI=1S/C30H23BrFN3O4/c1-38-27-14-20(23(31)15-28(27)39-18-19-8-2-5-11-24(19)32)16-33-34-29(36)17-35-25-12-6-3-9-21(25)30(37)22-10-4-7-13-26(22)35/h2-16H,17-18H2,1H3,(H,34,36)/b33-16+. The number of benzene rings is 4. The van der Waals surface area contributed by atoms with Crippen LogP contribution in [-0.2, 0) is 17.9 Å². The molecule has 196 valence electrons. The second kappa shape index (κ2) is 11.5. The Morgan fingerprint density at radius 2 is 1.62 bits per heavy atom. The van der Waals surface area contributed by atoms with Crippen molar-refractivity contribution in [1.29, 1.82) is 0 Å². The van der Waals surface area contributed by atoms with Crippen molar-refractivity contribution in [2.75, 3.05) is 7.11 Å². The summed E-state index contributed by atoms with van der Waals surface area (Å²) < 4.78 is 27.6. The smallest absolute Gasteiger partial charge is 0.260 e. The number of hydrogen-bond acceptors (Lipinski definition) is 5. The first-order valence-electron chi connectivity index (χ1n) is 12.0. The van der Waals surface area contributed by atoms with Gasteiger partial charge in [0.25, 0.3) is 5.91 Å². The molecule has 9 heteroatoms. The molecule has 1 amide bonds. The van der Waals surface area contributed by atoms with Gasteiger partial charge in [-0.3, -0.25) is 9.59 Å². The maximum absolute atomic E-state index is 13.9. The molecular formula is C30H23BrFN3O4. The van der Waals surface area contributed by atoms with E-state index in [1.54, 1.807) is 59.2 Å². The highest BCUT2D eigenvalue weighted by Crippen LogP contribution is 2.33. The van der Waals surface area contributed by atoms with Crippen LogP contribution in [0.3, 0.4) is 0 Å². The van der Waals surface area contributed by atoms with Gasteiger partial charge in [-0.05, 0) is 58.4 Å². The molecule has 5 aromatic rings. The Bertz CT molecular complexity index is 1720. The quantitative estimate of drug-likeness (QED) is 0.141. The number of aromatic nitrogens is 1. The van der Waals surface area contributed by atoms with Gasteiger partial charge in [-0.15, -0.1) is 0 Å². The van der Waals surface area contributed by atoms with E-state index >= 15 is 0 Å². The van der Waals surface area contributed by atoms with Crippen molar-refractivity contribution in [3.8, 4) is 11.5 Å². The van der Waals surface area contributed by atoms with Gasteiger partial charge < -0.3 is 14.0 Å². The number of hydrogen-bond donors (Lipinski definition) is 1. The van der Waals surface area contributed by atoms with Gasteiger partial charge in [0, 0.05) is 26.4 Å². The van der Waals surface area contributed by atoms with E-state index in [9.17, 15) is 14.0 Å². The lowest BCUT2D eigenvalue weighted by Crippen LogP contribution is -2.25. The summed E-state index contributed by atoms with van der Waals surface area (Å²) >= 11 is 3.49. The summed E-state index contributed by atoms with van der Waals surface area (Å²) in [5.41, 5.74) is 4.86. The number of methoxy groups -OCH3 is 1. The molecule has 0 saturated carbocycles. The minimum Gasteiger partial charge on any atom is -0.493 e. The lowest BCUT2D eigenvalue weighted by atomic mass is 10.1. The number of halogens is 2. The third-order valence-corrected chi connectivity index (χ3v) is 6.88. The van der Waals surface area contributed by atoms with Gasteiger partial charge in [0.05, 0.1) is 24.4 Å². The number of ether oxygens (including phenoxy) is 2. The van der Waals surface area contributed by atoms with Crippen LogP contribution in [0.1, 0.15) is 11.1 Å². The topological polar surface area (TPSA) is 81.9 Å².